The van der Waals surface area contributed by atoms with Crippen LogP contribution in [0.1, 0.15) is 25.0 Å². The zero-order chi connectivity index (χ0) is 21.3. The van der Waals surface area contributed by atoms with Crippen LogP contribution in [0, 0.1) is 0 Å². The average molecular weight is 402 g/mol. The number of nitrogens with one attached hydrogen (secondary N) is 1. The summed E-state index contributed by atoms with van der Waals surface area (Å²) in [5, 5.41) is 13.6. The van der Waals surface area contributed by atoms with E-state index in [9.17, 15) is 9.90 Å². The van der Waals surface area contributed by atoms with E-state index in [0.29, 0.717) is 12.3 Å². The van der Waals surface area contributed by atoms with Gasteiger partial charge in [0.15, 0.2) is 0 Å². The van der Waals surface area contributed by atoms with E-state index in [1.807, 2.05) is 36.4 Å². The number of rotatable bonds is 11. The number of β-amino-alcohol motifs (C(OH)–C–C–N with tert-alkyl or cyclic N) is 1. The molecule has 0 spiro atoms. The molecule has 0 aliphatic carbocycles. The first-order valence-corrected chi connectivity index (χ1v) is 9.66. The van der Waals surface area contributed by atoms with Crippen LogP contribution in [-0.4, -0.2) is 50.1 Å². The highest BCUT2D eigenvalue weighted by Gasteiger charge is 2.19. The van der Waals surface area contributed by atoms with E-state index >= 15 is 0 Å². The minimum absolute atomic E-state index is 0.175. The lowest BCUT2D eigenvalue weighted by molar-refractivity contribution is -0.139. The van der Waals surface area contributed by atoms with Crippen LogP contribution < -0.4 is 14.8 Å². The fourth-order valence-electron chi connectivity index (χ4n) is 2.90. The van der Waals surface area contributed by atoms with Gasteiger partial charge >= 0.3 is 5.97 Å². The Labute approximate surface area is 172 Å². The smallest absolute Gasteiger partial charge is 0.309 e. The highest BCUT2D eigenvalue weighted by molar-refractivity contribution is 5.72. The number of aliphatic hydroxyl groups is 1. The molecular formula is C23H31NO5. The van der Waals surface area contributed by atoms with Gasteiger partial charge in [0.2, 0.25) is 0 Å². The number of ether oxygens (including phenoxy) is 3. The molecule has 0 saturated heterocycles. The van der Waals surface area contributed by atoms with Gasteiger partial charge in [-0.2, -0.15) is 0 Å². The van der Waals surface area contributed by atoms with Crippen molar-refractivity contribution in [1.82, 2.24) is 5.32 Å². The molecule has 0 heterocycles. The molecule has 0 amide bonds. The third-order valence-electron chi connectivity index (χ3n) is 4.56. The standard InChI is InChI=1S/C23H31NO5/c1-23(2,14-18-7-9-20(27-3)10-8-18)24-15-19(25)16-29-21-11-5-17(6-12-21)13-22(26)28-4/h5-12,19,24-25H,13-16H2,1-4H3. The lowest BCUT2D eigenvalue weighted by atomic mass is 9.94. The van der Waals surface area contributed by atoms with Crippen LogP contribution in [0.25, 0.3) is 0 Å². The zero-order valence-electron chi connectivity index (χ0n) is 17.6. The van der Waals surface area contributed by atoms with Crippen LogP contribution >= 0.6 is 0 Å². The van der Waals surface area contributed by atoms with Crippen molar-refractivity contribution in [3.63, 3.8) is 0 Å². The quantitative estimate of drug-likeness (QED) is 0.564. The molecule has 2 N–H and O–H groups in total. The number of aliphatic hydroxyl groups excluding tert-OH is 1. The Kier molecular flexibility index (Phi) is 8.49. The maximum absolute atomic E-state index is 11.3. The fourth-order valence-corrected chi connectivity index (χ4v) is 2.90. The van der Waals surface area contributed by atoms with Crippen molar-refractivity contribution >= 4 is 5.97 Å². The summed E-state index contributed by atoms with van der Waals surface area (Å²) in [6.07, 6.45) is 0.415. The summed E-state index contributed by atoms with van der Waals surface area (Å²) in [5.41, 5.74) is 1.87. The molecule has 1 unspecified atom stereocenters. The van der Waals surface area contributed by atoms with Crippen LogP contribution in [0.5, 0.6) is 11.5 Å². The van der Waals surface area contributed by atoms with E-state index in [-0.39, 0.29) is 24.5 Å². The van der Waals surface area contributed by atoms with E-state index in [1.165, 1.54) is 12.7 Å². The Morgan fingerprint density at radius 3 is 2.17 bits per heavy atom. The SMILES string of the molecule is COC(=O)Cc1ccc(OCC(O)CNC(C)(C)Cc2ccc(OC)cc2)cc1. The maximum Gasteiger partial charge on any atom is 0.309 e. The third-order valence-corrected chi connectivity index (χ3v) is 4.56. The molecule has 2 aromatic rings. The van der Waals surface area contributed by atoms with E-state index < -0.39 is 6.10 Å². The summed E-state index contributed by atoms with van der Waals surface area (Å²) in [4.78, 5) is 11.3. The van der Waals surface area contributed by atoms with Crippen molar-refractivity contribution in [2.75, 3.05) is 27.4 Å². The largest absolute Gasteiger partial charge is 0.497 e. The van der Waals surface area contributed by atoms with Crippen molar-refractivity contribution in [2.45, 2.75) is 38.3 Å². The summed E-state index contributed by atoms with van der Waals surface area (Å²) in [6.45, 7) is 4.81. The van der Waals surface area contributed by atoms with Crippen molar-refractivity contribution in [3.05, 3.63) is 59.7 Å². The first kappa shape index (κ1) is 22.7. The predicted octanol–water partition coefficient (Wildman–Crippen LogP) is 2.76. The molecule has 0 aliphatic rings. The highest BCUT2D eigenvalue weighted by Crippen LogP contribution is 2.17. The van der Waals surface area contributed by atoms with Crippen LogP contribution in [0.2, 0.25) is 0 Å². The van der Waals surface area contributed by atoms with E-state index in [4.69, 9.17) is 9.47 Å². The number of esters is 1. The van der Waals surface area contributed by atoms with Gasteiger partial charge in [-0.15, -0.1) is 0 Å². The molecule has 0 radical (unpaired) electrons. The van der Waals surface area contributed by atoms with Gasteiger partial charge < -0.3 is 24.6 Å². The minimum atomic E-state index is -0.639. The first-order valence-electron chi connectivity index (χ1n) is 9.66. The van der Waals surface area contributed by atoms with Crippen molar-refractivity contribution in [1.29, 1.82) is 0 Å². The molecule has 158 valence electrons. The summed E-state index contributed by atoms with van der Waals surface area (Å²) in [6, 6.07) is 15.2. The van der Waals surface area contributed by atoms with Gasteiger partial charge in [0.1, 0.15) is 24.2 Å². The summed E-state index contributed by atoms with van der Waals surface area (Å²) in [7, 11) is 3.02. The van der Waals surface area contributed by atoms with Gasteiger partial charge in [-0.25, -0.2) is 0 Å². The molecule has 29 heavy (non-hydrogen) atoms. The van der Waals surface area contributed by atoms with Gasteiger partial charge in [0.25, 0.3) is 0 Å². The third kappa shape index (κ3) is 8.13. The first-order chi connectivity index (χ1) is 13.8. The minimum Gasteiger partial charge on any atom is -0.497 e. The Morgan fingerprint density at radius 2 is 1.59 bits per heavy atom. The monoisotopic (exact) mass is 401 g/mol. The van der Waals surface area contributed by atoms with Gasteiger partial charge in [-0.3, -0.25) is 4.79 Å². The number of carbonyl (C=O) groups excluding carboxylic acids is 1. The molecule has 2 aromatic carbocycles. The molecule has 2 rings (SSSR count). The Balaban J connectivity index is 1.75. The lowest BCUT2D eigenvalue weighted by Gasteiger charge is -2.28. The molecule has 0 saturated carbocycles. The predicted molar refractivity (Wildman–Crippen MR) is 112 cm³/mol. The molecular weight excluding hydrogens is 370 g/mol. The molecule has 1 atom stereocenters. The van der Waals surface area contributed by atoms with Crippen LogP contribution in [0.4, 0.5) is 0 Å². The van der Waals surface area contributed by atoms with Crippen LogP contribution in [-0.2, 0) is 22.4 Å². The summed E-state index contributed by atoms with van der Waals surface area (Å²) >= 11 is 0. The lowest BCUT2D eigenvalue weighted by Crippen LogP contribution is -2.46. The second-order valence-electron chi connectivity index (χ2n) is 7.65. The van der Waals surface area contributed by atoms with Gasteiger partial charge in [-0.05, 0) is 55.7 Å². The number of hydrogen-bond donors (Lipinski definition) is 2. The fraction of sp³-hybridized carbons (Fsp3) is 0.435. The molecule has 0 fully saturated rings. The van der Waals surface area contributed by atoms with Crippen molar-refractivity contribution < 1.29 is 24.1 Å². The normalized spacial score (nSPS) is 12.3. The van der Waals surface area contributed by atoms with Gasteiger partial charge in [0, 0.05) is 12.1 Å². The average Bonchev–Trinajstić information content (AvgIpc) is 2.72. The molecule has 0 bridgehead atoms. The number of carbonyl (C=O) groups is 1. The van der Waals surface area contributed by atoms with Crippen LogP contribution in [0.3, 0.4) is 0 Å². The van der Waals surface area contributed by atoms with E-state index in [2.05, 4.69) is 23.9 Å². The van der Waals surface area contributed by atoms with Crippen molar-refractivity contribution in [2.24, 2.45) is 0 Å². The Bertz CT molecular complexity index is 756. The molecule has 0 aliphatic heterocycles. The molecule has 0 aromatic heterocycles. The number of benzene rings is 2. The second-order valence-corrected chi connectivity index (χ2v) is 7.65. The van der Waals surface area contributed by atoms with Crippen molar-refractivity contribution in [3.8, 4) is 11.5 Å². The topological polar surface area (TPSA) is 77.0 Å². The molecule has 6 nitrogen and oxygen atoms in total. The second kappa shape index (κ2) is 10.8. The van der Waals surface area contributed by atoms with E-state index in [0.717, 1.165) is 17.7 Å². The zero-order valence-corrected chi connectivity index (χ0v) is 17.6. The summed E-state index contributed by atoms with van der Waals surface area (Å²) < 4.78 is 15.5. The van der Waals surface area contributed by atoms with Crippen LogP contribution in [0.15, 0.2) is 48.5 Å². The van der Waals surface area contributed by atoms with Gasteiger partial charge in [-0.1, -0.05) is 24.3 Å². The Morgan fingerprint density at radius 1 is 1.00 bits per heavy atom. The number of methoxy groups -OCH3 is 2. The summed E-state index contributed by atoms with van der Waals surface area (Å²) in [5.74, 6) is 1.21. The van der Waals surface area contributed by atoms with E-state index in [1.54, 1.807) is 19.2 Å². The van der Waals surface area contributed by atoms with Gasteiger partial charge in [0.05, 0.1) is 20.6 Å². The highest BCUT2D eigenvalue weighted by atomic mass is 16.5. The Hall–Kier alpha value is -2.57. The number of hydrogen-bond acceptors (Lipinski definition) is 6. The maximum atomic E-state index is 11.3. The molecule has 6 heteroatoms.